The minimum atomic E-state index is -0.467. The fraction of sp³-hybridized carbons (Fsp3) is 0.0800. The zero-order valence-corrected chi connectivity index (χ0v) is 19.1. The smallest absolute Gasteiger partial charge is 0.291 e. The van der Waals surface area contributed by atoms with Crippen molar-refractivity contribution in [2.75, 3.05) is 10.2 Å². The van der Waals surface area contributed by atoms with Gasteiger partial charge in [-0.2, -0.15) is 5.10 Å². The highest BCUT2D eigenvalue weighted by Crippen LogP contribution is 2.48. The summed E-state index contributed by atoms with van der Waals surface area (Å²) in [5.41, 5.74) is 4.34. The lowest BCUT2D eigenvalue weighted by atomic mass is 9.93. The highest BCUT2D eigenvalue weighted by Gasteiger charge is 2.43. The van der Waals surface area contributed by atoms with Crippen LogP contribution >= 0.6 is 11.6 Å². The minimum Gasteiger partial charge on any atom is -0.317 e. The van der Waals surface area contributed by atoms with E-state index in [2.05, 4.69) is 5.32 Å². The highest BCUT2D eigenvalue weighted by molar-refractivity contribution is 6.50. The van der Waals surface area contributed by atoms with E-state index < -0.39 is 11.0 Å². The Morgan fingerprint density at radius 3 is 2.49 bits per heavy atom. The Morgan fingerprint density at radius 2 is 1.74 bits per heavy atom. The van der Waals surface area contributed by atoms with Gasteiger partial charge in [0, 0.05) is 22.7 Å². The van der Waals surface area contributed by atoms with Crippen molar-refractivity contribution in [1.29, 1.82) is 0 Å². The number of carbonyl (C=O) groups is 1. The summed E-state index contributed by atoms with van der Waals surface area (Å²) in [6, 6.07) is 20.6. The number of rotatable bonds is 3. The van der Waals surface area contributed by atoms with Gasteiger partial charge in [-0.05, 0) is 42.8 Å². The predicted molar refractivity (Wildman–Crippen MR) is 133 cm³/mol. The highest BCUT2D eigenvalue weighted by atomic mass is 35.5. The number of non-ortho nitro benzene ring substituents is 1. The number of aliphatic imine (C=N–C) groups is 1. The molecule has 1 N–H and O–H groups in total. The van der Waals surface area contributed by atoms with Crippen LogP contribution < -0.4 is 10.2 Å². The number of aryl methyl sites for hydroxylation is 1. The summed E-state index contributed by atoms with van der Waals surface area (Å²) in [4.78, 5) is 30.5. The number of fused-ring (bicyclic) bond motifs is 4. The number of nitro groups is 1. The topological polar surface area (TPSA) is 106 Å². The van der Waals surface area contributed by atoms with E-state index >= 15 is 0 Å². The van der Waals surface area contributed by atoms with Crippen molar-refractivity contribution < 1.29 is 9.72 Å². The zero-order chi connectivity index (χ0) is 24.3. The van der Waals surface area contributed by atoms with Crippen molar-refractivity contribution in [1.82, 2.24) is 9.78 Å². The molecular weight excluding hydrogens is 468 g/mol. The van der Waals surface area contributed by atoms with Gasteiger partial charge in [-0.3, -0.25) is 14.9 Å². The standard InChI is InChI=1S/C25H17ClN6O3/c1-14-21-22(17-6-2-3-7-18(17)26)30-20-9-5-4-8-19(20)27-25(33)24(30)28-23(21)31(29-14)15-10-12-16(13-11-15)32(34)35/h2-13,22H,1H3,(H,27,33)/t22-/m1/s1. The lowest BCUT2D eigenvalue weighted by Gasteiger charge is -2.40. The molecule has 0 spiro atoms. The first-order valence-corrected chi connectivity index (χ1v) is 11.2. The summed E-state index contributed by atoms with van der Waals surface area (Å²) in [6.45, 7) is 1.88. The molecule has 0 radical (unpaired) electrons. The van der Waals surface area contributed by atoms with Gasteiger partial charge in [0.1, 0.15) is 0 Å². The molecule has 9 nitrogen and oxygen atoms in total. The number of nitrogens with one attached hydrogen (secondary N) is 1. The number of halogens is 1. The van der Waals surface area contributed by atoms with E-state index in [4.69, 9.17) is 21.7 Å². The summed E-state index contributed by atoms with van der Waals surface area (Å²) >= 11 is 6.68. The number of nitro benzene ring substituents is 1. The first kappa shape index (κ1) is 21.1. The third kappa shape index (κ3) is 3.20. The number of hydrogen-bond donors (Lipinski definition) is 1. The molecule has 0 unspecified atom stereocenters. The van der Waals surface area contributed by atoms with E-state index in [9.17, 15) is 14.9 Å². The maximum absolute atomic E-state index is 13.2. The van der Waals surface area contributed by atoms with Gasteiger partial charge in [0.05, 0.1) is 33.7 Å². The van der Waals surface area contributed by atoms with Crippen molar-refractivity contribution in [3.05, 3.63) is 105 Å². The summed E-state index contributed by atoms with van der Waals surface area (Å²) in [6.07, 6.45) is 0. The number of amidine groups is 1. The lowest BCUT2D eigenvalue weighted by Crippen LogP contribution is -2.48. The van der Waals surface area contributed by atoms with Gasteiger partial charge in [-0.15, -0.1) is 0 Å². The second-order valence-electron chi connectivity index (χ2n) is 8.21. The molecule has 35 heavy (non-hydrogen) atoms. The van der Waals surface area contributed by atoms with Gasteiger partial charge in [-0.25, -0.2) is 9.67 Å². The zero-order valence-electron chi connectivity index (χ0n) is 18.3. The number of nitrogens with zero attached hydrogens (tertiary/aromatic N) is 5. The van der Waals surface area contributed by atoms with Crippen LogP contribution in [0, 0.1) is 17.0 Å². The molecule has 6 rings (SSSR count). The number of para-hydroxylation sites is 2. The Morgan fingerprint density at radius 1 is 1.03 bits per heavy atom. The Labute approximate surface area is 204 Å². The summed E-state index contributed by atoms with van der Waals surface area (Å²) in [5.74, 6) is 0.340. The third-order valence-corrected chi connectivity index (χ3v) is 6.52. The van der Waals surface area contributed by atoms with Crippen LogP contribution in [0.15, 0.2) is 77.8 Å². The molecule has 2 aliphatic rings. The second-order valence-corrected chi connectivity index (χ2v) is 8.62. The van der Waals surface area contributed by atoms with Crippen LogP contribution in [0.5, 0.6) is 0 Å². The van der Waals surface area contributed by atoms with Crippen molar-refractivity contribution in [2.45, 2.75) is 13.0 Å². The van der Waals surface area contributed by atoms with Crippen molar-refractivity contribution in [2.24, 2.45) is 4.99 Å². The molecule has 1 amide bonds. The van der Waals surface area contributed by atoms with Gasteiger partial charge in [-0.1, -0.05) is 41.9 Å². The van der Waals surface area contributed by atoms with Crippen LogP contribution in [0.2, 0.25) is 5.02 Å². The Hall–Kier alpha value is -4.50. The Bertz CT molecular complexity index is 1560. The van der Waals surface area contributed by atoms with Crippen molar-refractivity contribution in [3.8, 4) is 5.69 Å². The fourth-order valence-corrected chi connectivity index (χ4v) is 4.87. The quantitative estimate of drug-likeness (QED) is 0.312. The number of amides is 1. The molecule has 0 aliphatic carbocycles. The molecule has 172 valence electrons. The second kappa shape index (κ2) is 7.78. The Kier molecular flexibility index (Phi) is 4.68. The van der Waals surface area contributed by atoms with Crippen LogP contribution in [0.4, 0.5) is 22.9 Å². The molecule has 0 saturated carbocycles. The molecule has 2 aliphatic heterocycles. The van der Waals surface area contributed by atoms with E-state index in [1.54, 1.807) is 16.8 Å². The molecule has 0 fully saturated rings. The van der Waals surface area contributed by atoms with Crippen LogP contribution in [-0.2, 0) is 4.79 Å². The maximum Gasteiger partial charge on any atom is 0.291 e. The number of carbonyl (C=O) groups excluding carboxylic acids is 1. The van der Waals surface area contributed by atoms with Crippen LogP contribution in [0.1, 0.15) is 22.9 Å². The van der Waals surface area contributed by atoms with Crippen molar-refractivity contribution >= 4 is 46.2 Å². The number of benzene rings is 3. The van der Waals surface area contributed by atoms with Gasteiger partial charge < -0.3 is 10.2 Å². The third-order valence-electron chi connectivity index (χ3n) is 6.17. The lowest BCUT2D eigenvalue weighted by molar-refractivity contribution is -0.384. The van der Waals surface area contributed by atoms with Crippen LogP contribution in [0.3, 0.4) is 0 Å². The number of aromatic nitrogens is 2. The molecule has 1 aromatic heterocycles. The van der Waals surface area contributed by atoms with E-state index in [1.807, 2.05) is 60.4 Å². The average Bonchev–Trinajstić information content (AvgIpc) is 3.20. The minimum absolute atomic E-state index is 0.0267. The molecule has 4 aromatic rings. The fourth-order valence-electron chi connectivity index (χ4n) is 4.63. The molecule has 1 atom stereocenters. The summed E-state index contributed by atoms with van der Waals surface area (Å²) in [7, 11) is 0. The van der Waals surface area contributed by atoms with Gasteiger partial charge in [0.15, 0.2) is 5.82 Å². The van der Waals surface area contributed by atoms with Gasteiger partial charge in [0.25, 0.3) is 11.6 Å². The first-order valence-electron chi connectivity index (χ1n) is 10.8. The first-order chi connectivity index (χ1) is 16.9. The van der Waals surface area contributed by atoms with Gasteiger partial charge in [0.2, 0.25) is 5.84 Å². The van der Waals surface area contributed by atoms with Gasteiger partial charge >= 0.3 is 0 Å². The molecule has 10 heteroatoms. The number of anilines is 2. The van der Waals surface area contributed by atoms with Crippen molar-refractivity contribution in [3.63, 3.8) is 0 Å². The summed E-state index contributed by atoms with van der Waals surface area (Å²) < 4.78 is 1.61. The normalized spacial score (nSPS) is 16.1. The van der Waals surface area contributed by atoms with E-state index in [0.29, 0.717) is 27.9 Å². The number of hydrogen-bond acceptors (Lipinski definition) is 6. The average molecular weight is 485 g/mol. The Balaban J connectivity index is 1.63. The molecule has 0 bridgehead atoms. The summed E-state index contributed by atoms with van der Waals surface area (Å²) in [5, 5.41) is 19.3. The van der Waals surface area contributed by atoms with Crippen LogP contribution in [-0.4, -0.2) is 26.4 Å². The van der Waals surface area contributed by atoms with E-state index in [-0.39, 0.29) is 17.4 Å². The molecule has 0 saturated heterocycles. The largest absolute Gasteiger partial charge is 0.317 e. The molecular formula is C25H17ClN6O3. The van der Waals surface area contributed by atoms with E-state index in [1.165, 1.54) is 12.1 Å². The monoisotopic (exact) mass is 484 g/mol. The molecule has 3 aromatic carbocycles. The SMILES string of the molecule is Cc1nn(-c2ccc([N+](=O)[O-])cc2)c2c1[C@@H](c1ccccc1Cl)N1C(=N2)C(=O)Nc2ccccc21. The maximum atomic E-state index is 13.2. The predicted octanol–water partition coefficient (Wildman–Crippen LogP) is 5.33. The van der Waals surface area contributed by atoms with E-state index in [0.717, 1.165) is 16.8 Å². The van der Waals surface area contributed by atoms with Crippen LogP contribution in [0.25, 0.3) is 5.69 Å². The molecule has 3 heterocycles.